The average Bonchev–Trinajstić information content (AvgIpc) is 3.15. The molecule has 1 aromatic heterocycles. The van der Waals surface area contributed by atoms with Crippen molar-refractivity contribution in [2.45, 2.75) is 13.8 Å². The van der Waals surface area contributed by atoms with E-state index in [2.05, 4.69) is 9.88 Å². The minimum absolute atomic E-state index is 0.00932. The number of thiazole rings is 1. The highest BCUT2D eigenvalue weighted by atomic mass is 32.1. The summed E-state index contributed by atoms with van der Waals surface area (Å²) in [7, 11) is 0. The summed E-state index contributed by atoms with van der Waals surface area (Å²) in [5.74, 6) is -0.251. The van der Waals surface area contributed by atoms with Crippen LogP contribution in [-0.4, -0.2) is 47.8 Å². The summed E-state index contributed by atoms with van der Waals surface area (Å²) in [6, 6.07) is 13.7. The number of piperazine rings is 1. The van der Waals surface area contributed by atoms with E-state index in [4.69, 9.17) is 0 Å². The van der Waals surface area contributed by atoms with Gasteiger partial charge in [-0.1, -0.05) is 0 Å². The van der Waals surface area contributed by atoms with E-state index in [1.165, 1.54) is 23.5 Å². The molecule has 3 aromatic rings. The van der Waals surface area contributed by atoms with Crippen LogP contribution in [0.2, 0.25) is 0 Å². The van der Waals surface area contributed by atoms with Gasteiger partial charge in [0.05, 0.1) is 5.69 Å². The molecule has 0 saturated carbocycles. The zero-order valence-corrected chi connectivity index (χ0v) is 17.7. The molecule has 154 valence electrons. The molecule has 0 unspecified atom stereocenters. The number of Topliss-reactive ketones (excluding diaryl/α,β-unsaturated/α-hetero) is 1. The van der Waals surface area contributed by atoms with Gasteiger partial charge in [-0.15, -0.1) is 11.3 Å². The second kappa shape index (κ2) is 8.36. The van der Waals surface area contributed by atoms with Crippen molar-refractivity contribution in [2.24, 2.45) is 0 Å². The second-order valence-electron chi connectivity index (χ2n) is 7.32. The van der Waals surface area contributed by atoms with Gasteiger partial charge in [-0.2, -0.15) is 0 Å². The van der Waals surface area contributed by atoms with Crippen LogP contribution in [0.15, 0.2) is 48.5 Å². The maximum absolute atomic E-state index is 13.2. The van der Waals surface area contributed by atoms with Crippen LogP contribution in [0.4, 0.5) is 10.1 Å². The summed E-state index contributed by atoms with van der Waals surface area (Å²) in [6.07, 6.45) is 0. The molecule has 1 fully saturated rings. The highest BCUT2D eigenvalue weighted by molar-refractivity contribution is 7.17. The third-order valence-electron chi connectivity index (χ3n) is 5.29. The SMILES string of the molecule is CC(=O)c1ccc(N2CCN(C(=O)c3sc(-c4ccc(F)cc4)nc3C)CC2)cc1. The lowest BCUT2D eigenvalue weighted by molar-refractivity contribution is 0.0750. The first kappa shape index (κ1) is 20.2. The molecule has 1 amide bonds. The van der Waals surface area contributed by atoms with E-state index in [-0.39, 0.29) is 17.5 Å². The monoisotopic (exact) mass is 423 g/mol. The maximum Gasteiger partial charge on any atom is 0.265 e. The molecule has 0 N–H and O–H groups in total. The number of rotatable bonds is 4. The van der Waals surface area contributed by atoms with E-state index in [0.29, 0.717) is 29.2 Å². The van der Waals surface area contributed by atoms with Gasteiger partial charge in [0, 0.05) is 43.0 Å². The first-order valence-corrected chi connectivity index (χ1v) is 10.6. The molecule has 5 nitrogen and oxygen atoms in total. The van der Waals surface area contributed by atoms with Gasteiger partial charge in [0.15, 0.2) is 5.78 Å². The van der Waals surface area contributed by atoms with E-state index >= 15 is 0 Å². The zero-order valence-electron chi connectivity index (χ0n) is 16.9. The van der Waals surface area contributed by atoms with Crippen LogP contribution in [0.3, 0.4) is 0 Å². The third-order valence-corrected chi connectivity index (χ3v) is 6.48. The molecule has 7 heteroatoms. The molecule has 1 saturated heterocycles. The number of amides is 1. The smallest absolute Gasteiger partial charge is 0.265 e. The van der Waals surface area contributed by atoms with Crippen LogP contribution in [0.1, 0.15) is 32.6 Å². The van der Waals surface area contributed by atoms with E-state index in [1.54, 1.807) is 19.1 Å². The summed E-state index contributed by atoms with van der Waals surface area (Å²) in [5.41, 5.74) is 3.26. The highest BCUT2D eigenvalue weighted by Gasteiger charge is 2.26. The molecular formula is C23H22FN3O2S. The van der Waals surface area contributed by atoms with Crippen molar-refractivity contribution in [1.29, 1.82) is 0 Å². The first-order chi connectivity index (χ1) is 14.4. The summed E-state index contributed by atoms with van der Waals surface area (Å²) < 4.78 is 13.2. The third kappa shape index (κ3) is 4.11. The van der Waals surface area contributed by atoms with Gasteiger partial charge >= 0.3 is 0 Å². The molecule has 0 spiro atoms. The quantitative estimate of drug-likeness (QED) is 0.583. The number of benzene rings is 2. The fourth-order valence-electron chi connectivity index (χ4n) is 3.53. The number of hydrogen-bond acceptors (Lipinski definition) is 5. The lowest BCUT2D eigenvalue weighted by Gasteiger charge is -2.36. The molecule has 0 radical (unpaired) electrons. The number of hydrogen-bond donors (Lipinski definition) is 0. The summed E-state index contributed by atoms with van der Waals surface area (Å²) >= 11 is 1.35. The Morgan fingerprint density at radius 3 is 2.20 bits per heavy atom. The fourth-order valence-corrected chi connectivity index (χ4v) is 4.57. The number of ketones is 1. The lowest BCUT2D eigenvalue weighted by Crippen LogP contribution is -2.48. The predicted octanol–water partition coefficient (Wildman–Crippen LogP) is 4.42. The molecule has 2 heterocycles. The number of nitrogens with zero attached hydrogens (tertiary/aromatic N) is 3. The van der Waals surface area contributed by atoms with Crippen molar-refractivity contribution in [3.8, 4) is 10.6 Å². The summed E-state index contributed by atoms with van der Waals surface area (Å²) in [5, 5.41) is 0.722. The number of halogens is 1. The van der Waals surface area contributed by atoms with Crippen molar-refractivity contribution in [2.75, 3.05) is 31.1 Å². The normalized spacial score (nSPS) is 14.1. The first-order valence-electron chi connectivity index (χ1n) is 9.81. The maximum atomic E-state index is 13.2. The molecule has 1 aliphatic heterocycles. The van der Waals surface area contributed by atoms with E-state index in [1.807, 2.05) is 36.1 Å². The van der Waals surface area contributed by atoms with Crippen molar-refractivity contribution >= 4 is 28.7 Å². The van der Waals surface area contributed by atoms with E-state index < -0.39 is 0 Å². The van der Waals surface area contributed by atoms with Gasteiger partial charge in [0.25, 0.3) is 5.91 Å². The van der Waals surface area contributed by atoms with Gasteiger partial charge < -0.3 is 9.80 Å². The number of aromatic nitrogens is 1. The minimum Gasteiger partial charge on any atom is -0.368 e. The van der Waals surface area contributed by atoms with Gasteiger partial charge in [0.1, 0.15) is 15.7 Å². The van der Waals surface area contributed by atoms with Gasteiger partial charge in [0.2, 0.25) is 0 Å². The number of carbonyl (C=O) groups excluding carboxylic acids is 2. The molecular weight excluding hydrogens is 401 g/mol. The molecule has 0 bridgehead atoms. The number of carbonyl (C=O) groups is 2. The Bertz CT molecular complexity index is 1070. The largest absolute Gasteiger partial charge is 0.368 e. The minimum atomic E-state index is -0.294. The number of anilines is 1. The van der Waals surface area contributed by atoms with Gasteiger partial charge in [-0.3, -0.25) is 9.59 Å². The zero-order chi connectivity index (χ0) is 21.3. The average molecular weight is 424 g/mol. The van der Waals surface area contributed by atoms with Crippen LogP contribution < -0.4 is 4.90 Å². The Hall–Kier alpha value is -3.06. The highest BCUT2D eigenvalue weighted by Crippen LogP contribution is 2.29. The van der Waals surface area contributed by atoms with Crippen LogP contribution in [0.25, 0.3) is 10.6 Å². The molecule has 1 aliphatic rings. The second-order valence-corrected chi connectivity index (χ2v) is 8.32. The van der Waals surface area contributed by atoms with E-state index in [0.717, 1.165) is 29.3 Å². The topological polar surface area (TPSA) is 53.5 Å². The van der Waals surface area contributed by atoms with Crippen LogP contribution in [0.5, 0.6) is 0 Å². The molecule has 0 aliphatic carbocycles. The Kier molecular flexibility index (Phi) is 5.63. The van der Waals surface area contributed by atoms with Crippen LogP contribution in [-0.2, 0) is 0 Å². The Morgan fingerprint density at radius 1 is 0.967 bits per heavy atom. The van der Waals surface area contributed by atoms with Crippen LogP contribution >= 0.6 is 11.3 Å². The molecule has 30 heavy (non-hydrogen) atoms. The summed E-state index contributed by atoms with van der Waals surface area (Å²) in [6.45, 7) is 6.10. The molecule has 2 aromatic carbocycles. The van der Waals surface area contributed by atoms with Crippen molar-refractivity contribution in [1.82, 2.24) is 9.88 Å². The Morgan fingerprint density at radius 2 is 1.60 bits per heavy atom. The Balaban J connectivity index is 1.43. The lowest BCUT2D eigenvalue weighted by atomic mass is 10.1. The van der Waals surface area contributed by atoms with Gasteiger partial charge in [-0.05, 0) is 62.4 Å². The molecule has 0 atom stereocenters. The molecule has 4 rings (SSSR count). The van der Waals surface area contributed by atoms with Crippen molar-refractivity contribution in [3.05, 3.63) is 70.5 Å². The van der Waals surface area contributed by atoms with Gasteiger partial charge in [-0.25, -0.2) is 9.37 Å². The van der Waals surface area contributed by atoms with Crippen LogP contribution in [0, 0.1) is 12.7 Å². The predicted molar refractivity (Wildman–Crippen MR) is 117 cm³/mol. The Labute approximate surface area is 178 Å². The summed E-state index contributed by atoms with van der Waals surface area (Å²) in [4.78, 5) is 33.7. The number of aryl methyl sites for hydroxylation is 1. The standard InChI is InChI=1S/C23H22FN3O2S/c1-15-21(30-22(25-15)18-3-7-19(24)8-4-18)23(29)27-13-11-26(12-14-27)20-9-5-17(6-10-20)16(2)28/h3-10H,11-14H2,1-2H3. The van der Waals surface area contributed by atoms with Crippen molar-refractivity contribution in [3.63, 3.8) is 0 Å². The van der Waals surface area contributed by atoms with E-state index in [9.17, 15) is 14.0 Å². The van der Waals surface area contributed by atoms with Crippen molar-refractivity contribution < 1.29 is 14.0 Å². The fraction of sp³-hybridized carbons (Fsp3) is 0.261.